The highest BCUT2D eigenvalue weighted by Crippen LogP contribution is 2.16. The molecule has 1 heterocycles. The van der Waals surface area contributed by atoms with Gasteiger partial charge in [0, 0.05) is 16.6 Å². The summed E-state index contributed by atoms with van der Waals surface area (Å²) < 4.78 is 5.10. The molecule has 0 radical (unpaired) electrons. The number of amides is 1. The van der Waals surface area contributed by atoms with E-state index in [9.17, 15) is 4.79 Å². The molecule has 0 aliphatic carbocycles. The first-order valence-electron chi connectivity index (χ1n) is 6.01. The monoisotopic (exact) mass is 289 g/mol. The maximum atomic E-state index is 11.6. The number of ether oxygens (including phenoxy) is 1. The molecule has 0 unspecified atom stereocenters. The number of hydrogen-bond acceptors (Lipinski definition) is 5. The predicted molar refractivity (Wildman–Crippen MR) is 81.5 cm³/mol. The van der Waals surface area contributed by atoms with Gasteiger partial charge >= 0.3 is 0 Å². The van der Waals surface area contributed by atoms with Gasteiger partial charge in [0.1, 0.15) is 5.75 Å². The minimum atomic E-state index is -0.208. The Hall–Kier alpha value is -2.34. The number of carbonyl (C=O) groups is 1. The third-order valence-corrected chi connectivity index (χ3v) is 3.25. The fraction of sp³-hybridized carbons (Fsp3) is 0.143. The van der Waals surface area contributed by atoms with E-state index in [1.165, 1.54) is 0 Å². The minimum Gasteiger partial charge on any atom is -0.497 e. The van der Waals surface area contributed by atoms with E-state index in [1.807, 2.05) is 41.8 Å². The Morgan fingerprint density at radius 2 is 2.30 bits per heavy atom. The van der Waals surface area contributed by atoms with Crippen LogP contribution in [0, 0.1) is 0 Å². The Labute approximate surface area is 121 Å². The average molecular weight is 289 g/mol. The predicted octanol–water partition coefficient (Wildman–Crippen LogP) is 2.32. The molecule has 20 heavy (non-hydrogen) atoms. The van der Waals surface area contributed by atoms with Crippen LogP contribution in [0.15, 0.2) is 46.9 Å². The molecule has 2 aromatic rings. The summed E-state index contributed by atoms with van der Waals surface area (Å²) in [6.07, 6.45) is 1.62. The fourth-order valence-corrected chi connectivity index (χ4v) is 2.07. The van der Waals surface area contributed by atoms with Crippen LogP contribution in [-0.4, -0.2) is 25.8 Å². The van der Waals surface area contributed by atoms with Gasteiger partial charge in [-0.1, -0.05) is 12.1 Å². The van der Waals surface area contributed by atoms with Gasteiger partial charge in [0.25, 0.3) is 5.91 Å². The first-order valence-corrected chi connectivity index (χ1v) is 6.89. The first kappa shape index (κ1) is 14.1. The van der Waals surface area contributed by atoms with Crippen molar-refractivity contribution < 1.29 is 9.53 Å². The van der Waals surface area contributed by atoms with Gasteiger partial charge in [-0.05, 0) is 23.6 Å². The number of hydrogen-bond donors (Lipinski definition) is 2. The smallest absolute Gasteiger partial charge is 0.259 e. The van der Waals surface area contributed by atoms with Crippen LogP contribution in [0.25, 0.3) is 0 Å². The van der Waals surface area contributed by atoms with Gasteiger partial charge < -0.3 is 10.1 Å². The molecule has 0 aliphatic heterocycles. The Balaban J connectivity index is 1.77. The Morgan fingerprint density at radius 3 is 3.05 bits per heavy atom. The maximum absolute atomic E-state index is 11.6. The number of thiophene rings is 1. The minimum absolute atomic E-state index is 0.148. The van der Waals surface area contributed by atoms with Gasteiger partial charge in [0.15, 0.2) is 0 Å². The highest BCUT2D eigenvalue weighted by Gasteiger charge is 2.00. The van der Waals surface area contributed by atoms with Crippen LogP contribution in [-0.2, 0) is 4.79 Å². The maximum Gasteiger partial charge on any atom is 0.259 e. The van der Waals surface area contributed by atoms with Gasteiger partial charge in [-0.25, -0.2) is 5.43 Å². The first-order chi connectivity index (χ1) is 9.78. The molecule has 0 spiro atoms. The van der Waals surface area contributed by atoms with E-state index < -0.39 is 0 Å². The number of rotatable bonds is 6. The van der Waals surface area contributed by atoms with E-state index >= 15 is 0 Å². The molecule has 1 aromatic heterocycles. The van der Waals surface area contributed by atoms with Gasteiger partial charge in [-0.3, -0.25) is 4.79 Å². The summed E-state index contributed by atoms with van der Waals surface area (Å²) in [6, 6.07) is 11.2. The Morgan fingerprint density at radius 1 is 1.40 bits per heavy atom. The van der Waals surface area contributed by atoms with Crippen LogP contribution >= 0.6 is 11.3 Å². The third-order valence-electron chi connectivity index (χ3n) is 2.45. The summed E-state index contributed by atoms with van der Waals surface area (Å²) in [5.74, 6) is 0.534. The van der Waals surface area contributed by atoms with Crippen molar-refractivity contribution in [1.29, 1.82) is 0 Å². The number of benzene rings is 1. The number of nitrogens with zero attached hydrogens (tertiary/aromatic N) is 1. The summed E-state index contributed by atoms with van der Waals surface area (Å²) in [5.41, 5.74) is 3.28. The van der Waals surface area contributed by atoms with Crippen molar-refractivity contribution in [3.8, 4) is 5.75 Å². The van der Waals surface area contributed by atoms with E-state index in [0.29, 0.717) is 0 Å². The molecule has 0 bridgehead atoms. The number of nitrogens with one attached hydrogen (secondary N) is 2. The molecule has 0 fully saturated rings. The van der Waals surface area contributed by atoms with Crippen molar-refractivity contribution in [2.45, 2.75) is 0 Å². The zero-order valence-electron chi connectivity index (χ0n) is 11.0. The number of anilines is 1. The van der Waals surface area contributed by atoms with Crippen molar-refractivity contribution in [1.82, 2.24) is 5.43 Å². The average Bonchev–Trinajstić information content (AvgIpc) is 2.98. The molecule has 0 atom stereocenters. The third kappa shape index (κ3) is 4.40. The Bertz CT molecular complexity index is 582. The lowest BCUT2D eigenvalue weighted by Crippen LogP contribution is -2.25. The molecule has 6 heteroatoms. The van der Waals surface area contributed by atoms with E-state index in [0.717, 1.165) is 16.3 Å². The van der Waals surface area contributed by atoms with E-state index in [1.54, 1.807) is 24.7 Å². The fourth-order valence-electron chi connectivity index (χ4n) is 1.49. The van der Waals surface area contributed by atoms with Crippen LogP contribution in [0.5, 0.6) is 5.75 Å². The van der Waals surface area contributed by atoms with Crippen LogP contribution in [0.4, 0.5) is 5.69 Å². The standard InChI is InChI=1S/C14H15N3O2S/c1-19-12-5-2-4-11(8-12)15-10-14(18)17-16-9-13-6-3-7-20-13/h2-9,15H,10H2,1H3,(H,17,18)/b16-9-. The molecule has 0 saturated heterocycles. The lowest BCUT2D eigenvalue weighted by Gasteiger charge is -2.06. The van der Waals surface area contributed by atoms with Crippen molar-refractivity contribution >= 4 is 29.1 Å². The lowest BCUT2D eigenvalue weighted by molar-refractivity contribution is -0.119. The van der Waals surface area contributed by atoms with Crippen LogP contribution in [0.2, 0.25) is 0 Å². The Kier molecular flexibility index (Phi) is 5.14. The molecular formula is C14H15N3O2S. The van der Waals surface area contributed by atoms with Crippen molar-refractivity contribution in [2.75, 3.05) is 19.0 Å². The second-order valence-electron chi connectivity index (χ2n) is 3.89. The van der Waals surface area contributed by atoms with Gasteiger partial charge in [-0.15, -0.1) is 11.3 Å². The van der Waals surface area contributed by atoms with Gasteiger partial charge in [0.05, 0.1) is 19.9 Å². The van der Waals surface area contributed by atoms with Crippen molar-refractivity contribution in [3.63, 3.8) is 0 Å². The highest BCUT2D eigenvalue weighted by atomic mass is 32.1. The molecule has 5 nitrogen and oxygen atoms in total. The molecule has 2 N–H and O–H groups in total. The molecular weight excluding hydrogens is 274 g/mol. The summed E-state index contributed by atoms with van der Waals surface area (Å²) in [7, 11) is 1.60. The molecule has 104 valence electrons. The summed E-state index contributed by atoms with van der Waals surface area (Å²) >= 11 is 1.56. The number of carbonyl (C=O) groups excluding carboxylic acids is 1. The summed E-state index contributed by atoms with van der Waals surface area (Å²) in [4.78, 5) is 12.6. The lowest BCUT2D eigenvalue weighted by atomic mass is 10.3. The zero-order chi connectivity index (χ0) is 14.2. The molecule has 1 amide bonds. The quantitative estimate of drug-likeness (QED) is 0.633. The topological polar surface area (TPSA) is 62.7 Å². The normalized spacial score (nSPS) is 10.4. The molecule has 0 saturated carbocycles. The number of methoxy groups -OCH3 is 1. The number of hydrazone groups is 1. The van der Waals surface area contributed by atoms with Gasteiger partial charge in [0.2, 0.25) is 0 Å². The van der Waals surface area contributed by atoms with E-state index in [-0.39, 0.29) is 12.5 Å². The van der Waals surface area contributed by atoms with Crippen molar-refractivity contribution in [3.05, 3.63) is 46.7 Å². The molecule has 2 rings (SSSR count). The highest BCUT2D eigenvalue weighted by molar-refractivity contribution is 7.11. The van der Waals surface area contributed by atoms with Crippen LogP contribution < -0.4 is 15.5 Å². The SMILES string of the molecule is COc1cccc(NCC(=O)N/N=C\c2cccs2)c1. The molecule has 1 aromatic carbocycles. The van der Waals surface area contributed by atoms with Crippen LogP contribution in [0.1, 0.15) is 4.88 Å². The largest absolute Gasteiger partial charge is 0.497 e. The van der Waals surface area contributed by atoms with E-state index in [4.69, 9.17) is 4.74 Å². The summed E-state index contributed by atoms with van der Waals surface area (Å²) in [5, 5.41) is 8.83. The van der Waals surface area contributed by atoms with Gasteiger partial charge in [-0.2, -0.15) is 5.10 Å². The van der Waals surface area contributed by atoms with E-state index in [2.05, 4.69) is 15.8 Å². The van der Waals surface area contributed by atoms with Crippen molar-refractivity contribution in [2.24, 2.45) is 5.10 Å². The van der Waals surface area contributed by atoms with Crippen LogP contribution in [0.3, 0.4) is 0 Å². The zero-order valence-corrected chi connectivity index (χ0v) is 11.8. The second kappa shape index (κ2) is 7.30. The second-order valence-corrected chi connectivity index (χ2v) is 4.87. The molecule has 0 aliphatic rings. The summed E-state index contributed by atoms with van der Waals surface area (Å²) in [6.45, 7) is 0.148.